The third-order valence-corrected chi connectivity index (χ3v) is 3.27. The van der Waals surface area contributed by atoms with Crippen molar-refractivity contribution in [3.8, 4) is 0 Å². The van der Waals surface area contributed by atoms with E-state index in [1.807, 2.05) is 0 Å². The van der Waals surface area contributed by atoms with E-state index in [9.17, 15) is 0 Å². The minimum absolute atomic E-state index is 0.732. The lowest BCUT2D eigenvalue weighted by atomic mass is 10.2. The Balaban J connectivity index is 1.85. The van der Waals surface area contributed by atoms with Gasteiger partial charge in [0.05, 0.1) is 13.2 Å². The lowest BCUT2D eigenvalue weighted by Crippen LogP contribution is -2.44. The van der Waals surface area contributed by atoms with Gasteiger partial charge in [0, 0.05) is 37.9 Å². The van der Waals surface area contributed by atoms with E-state index in [1.165, 1.54) is 18.7 Å². The van der Waals surface area contributed by atoms with Crippen LogP contribution in [0.25, 0.3) is 0 Å². The maximum absolute atomic E-state index is 5.36. The van der Waals surface area contributed by atoms with Crippen LogP contribution in [0, 0.1) is 0 Å². The molecule has 0 amide bonds. The van der Waals surface area contributed by atoms with Crippen molar-refractivity contribution >= 4 is 0 Å². The molecule has 0 aromatic rings. The number of allylic oxidation sites excluding steroid dienone is 1. The van der Waals surface area contributed by atoms with E-state index in [4.69, 9.17) is 4.74 Å². The molecule has 2 rings (SSSR count). The van der Waals surface area contributed by atoms with E-state index in [-0.39, 0.29) is 0 Å². The van der Waals surface area contributed by atoms with Crippen LogP contribution in [0.15, 0.2) is 12.3 Å². The lowest BCUT2D eigenvalue weighted by molar-refractivity contribution is 0.0191. The third kappa shape index (κ3) is 2.10. The highest BCUT2D eigenvalue weighted by Crippen LogP contribution is 2.19. The first-order valence-corrected chi connectivity index (χ1v) is 5.49. The first-order chi connectivity index (χ1) is 6.77. The molecule has 2 heterocycles. The largest absolute Gasteiger partial charge is 0.379 e. The van der Waals surface area contributed by atoms with Crippen LogP contribution in [-0.2, 0) is 4.74 Å². The standard InChI is InChI=1S/C11H20N2O/c1-10(2)13-4-3-11(9-13)12-5-7-14-8-6-12/h11H,1,3-9H2,2H3. The summed E-state index contributed by atoms with van der Waals surface area (Å²) < 4.78 is 5.36. The van der Waals surface area contributed by atoms with Gasteiger partial charge in [-0.25, -0.2) is 0 Å². The first kappa shape index (κ1) is 9.99. The number of morpholine rings is 1. The van der Waals surface area contributed by atoms with Crippen LogP contribution in [-0.4, -0.2) is 55.2 Å². The van der Waals surface area contributed by atoms with Crippen molar-refractivity contribution in [2.24, 2.45) is 0 Å². The average molecular weight is 196 g/mol. The van der Waals surface area contributed by atoms with Crippen LogP contribution in [0.1, 0.15) is 13.3 Å². The van der Waals surface area contributed by atoms with Gasteiger partial charge in [-0.3, -0.25) is 4.90 Å². The molecule has 80 valence electrons. The zero-order valence-corrected chi connectivity index (χ0v) is 9.04. The third-order valence-electron chi connectivity index (χ3n) is 3.27. The quantitative estimate of drug-likeness (QED) is 0.653. The molecule has 1 unspecified atom stereocenters. The monoisotopic (exact) mass is 196 g/mol. The fourth-order valence-corrected chi connectivity index (χ4v) is 2.33. The number of likely N-dealkylation sites (tertiary alicyclic amines) is 1. The number of hydrogen-bond acceptors (Lipinski definition) is 3. The van der Waals surface area contributed by atoms with Crippen LogP contribution in [0.5, 0.6) is 0 Å². The summed E-state index contributed by atoms with van der Waals surface area (Å²) in [5.74, 6) is 0. The van der Waals surface area contributed by atoms with E-state index in [0.29, 0.717) is 0 Å². The Bertz CT molecular complexity index is 211. The van der Waals surface area contributed by atoms with Crippen LogP contribution >= 0.6 is 0 Å². The highest BCUT2D eigenvalue weighted by Gasteiger charge is 2.28. The topological polar surface area (TPSA) is 15.7 Å². The number of hydrogen-bond donors (Lipinski definition) is 0. The second-order valence-electron chi connectivity index (χ2n) is 4.27. The Hall–Kier alpha value is -0.540. The Kier molecular flexibility index (Phi) is 3.08. The van der Waals surface area contributed by atoms with Crippen molar-refractivity contribution in [3.63, 3.8) is 0 Å². The summed E-state index contributed by atoms with van der Waals surface area (Å²) in [6.07, 6.45) is 1.28. The van der Waals surface area contributed by atoms with Gasteiger partial charge in [0.15, 0.2) is 0 Å². The van der Waals surface area contributed by atoms with Crippen molar-refractivity contribution in [1.29, 1.82) is 0 Å². The van der Waals surface area contributed by atoms with Crippen molar-refractivity contribution in [2.45, 2.75) is 19.4 Å². The summed E-state index contributed by atoms with van der Waals surface area (Å²) in [6, 6.07) is 0.732. The molecular formula is C11H20N2O. The zero-order chi connectivity index (χ0) is 9.97. The molecule has 0 saturated carbocycles. The Morgan fingerprint density at radius 3 is 2.57 bits per heavy atom. The fourth-order valence-electron chi connectivity index (χ4n) is 2.33. The molecule has 14 heavy (non-hydrogen) atoms. The summed E-state index contributed by atoms with van der Waals surface area (Å²) in [5.41, 5.74) is 1.21. The molecule has 3 nitrogen and oxygen atoms in total. The normalized spacial score (nSPS) is 29.5. The summed E-state index contributed by atoms with van der Waals surface area (Å²) in [7, 11) is 0. The minimum atomic E-state index is 0.732. The summed E-state index contributed by atoms with van der Waals surface area (Å²) in [5, 5.41) is 0. The molecule has 0 bridgehead atoms. The SMILES string of the molecule is C=C(C)N1CCC(N2CCOCC2)C1. The van der Waals surface area contributed by atoms with E-state index < -0.39 is 0 Å². The number of nitrogens with zero attached hydrogens (tertiary/aromatic N) is 2. The fraction of sp³-hybridized carbons (Fsp3) is 0.818. The molecule has 2 aliphatic rings. The van der Waals surface area contributed by atoms with Crippen LogP contribution in [0.3, 0.4) is 0 Å². The average Bonchev–Trinajstić information content (AvgIpc) is 2.68. The van der Waals surface area contributed by atoms with Gasteiger partial charge in [-0.15, -0.1) is 0 Å². The Labute approximate surface area is 86.3 Å². The Morgan fingerprint density at radius 1 is 1.29 bits per heavy atom. The molecule has 0 aromatic carbocycles. The highest BCUT2D eigenvalue weighted by molar-refractivity contribution is 4.96. The number of rotatable bonds is 2. The maximum Gasteiger partial charge on any atom is 0.0594 e. The van der Waals surface area contributed by atoms with Crippen LogP contribution in [0.4, 0.5) is 0 Å². The van der Waals surface area contributed by atoms with Gasteiger partial charge >= 0.3 is 0 Å². The van der Waals surface area contributed by atoms with Gasteiger partial charge in [0.25, 0.3) is 0 Å². The first-order valence-electron chi connectivity index (χ1n) is 5.49. The predicted octanol–water partition coefficient (Wildman–Crippen LogP) is 0.926. The van der Waals surface area contributed by atoms with E-state index in [1.54, 1.807) is 0 Å². The molecule has 2 aliphatic heterocycles. The summed E-state index contributed by atoms with van der Waals surface area (Å²) >= 11 is 0. The van der Waals surface area contributed by atoms with Gasteiger partial charge in [0.2, 0.25) is 0 Å². The molecule has 0 N–H and O–H groups in total. The smallest absolute Gasteiger partial charge is 0.0594 e. The summed E-state index contributed by atoms with van der Waals surface area (Å²) in [4.78, 5) is 4.95. The summed E-state index contributed by atoms with van der Waals surface area (Å²) in [6.45, 7) is 12.5. The molecule has 2 fully saturated rings. The minimum Gasteiger partial charge on any atom is -0.379 e. The van der Waals surface area contributed by atoms with E-state index in [0.717, 1.165) is 38.9 Å². The molecule has 2 saturated heterocycles. The van der Waals surface area contributed by atoms with Crippen molar-refractivity contribution < 1.29 is 4.74 Å². The molecular weight excluding hydrogens is 176 g/mol. The molecule has 0 aromatic heterocycles. The Morgan fingerprint density at radius 2 is 2.00 bits per heavy atom. The second-order valence-corrected chi connectivity index (χ2v) is 4.27. The molecule has 0 aliphatic carbocycles. The predicted molar refractivity (Wildman–Crippen MR) is 57.2 cm³/mol. The highest BCUT2D eigenvalue weighted by atomic mass is 16.5. The molecule has 0 radical (unpaired) electrons. The van der Waals surface area contributed by atoms with Crippen molar-refractivity contribution in [1.82, 2.24) is 9.80 Å². The van der Waals surface area contributed by atoms with Gasteiger partial charge in [-0.2, -0.15) is 0 Å². The van der Waals surface area contributed by atoms with Gasteiger partial charge < -0.3 is 9.64 Å². The second kappa shape index (κ2) is 4.32. The van der Waals surface area contributed by atoms with Gasteiger partial charge in [0.1, 0.15) is 0 Å². The molecule has 0 spiro atoms. The van der Waals surface area contributed by atoms with Gasteiger partial charge in [-0.1, -0.05) is 6.58 Å². The van der Waals surface area contributed by atoms with E-state index >= 15 is 0 Å². The lowest BCUT2D eigenvalue weighted by Gasteiger charge is -2.32. The van der Waals surface area contributed by atoms with Crippen molar-refractivity contribution in [3.05, 3.63) is 12.3 Å². The van der Waals surface area contributed by atoms with Gasteiger partial charge in [-0.05, 0) is 13.3 Å². The molecule has 3 heteroatoms. The van der Waals surface area contributed by atoms with E-state index in [2.05, 4.69) is 23.3 Å². The zero-order valence-electron chi connectivity index (χ0n) is 9.04. The van der Waals surface area contributed by atoms with Crippen LogP contribution in [0.2, 0.25) is 0 Å². The maximum atomic E-state index is 5.36. The van der Waals surface area contributed by atoms with Crippen LogP contribution < -0.4 is 0 Å². The van der Waals surface area contributed by atoms with Crippen molar-refractivity contribution in [2.75, 3.05) is 39.4 Å². The number of ether oxygens (including phenoxy) is 1. The molecule has 1 atom stereocenters.